The van der Waals surface area contributed by atoms with Gasteiger partial charge in [-0.1, -0.05) is 20.8 Å². The number of thioether (sulfide) groups is 1. The van der Waals surface area contributed by atoms with Crippen LogP contribution in [0.15, 0.2) is 0 Å². The minimum Gasteiger partial charge on any atom is -0.352 e. The fourth-order valence-corrected chi connectivity index (χ4v) is 3.27. The Bertz CT molecular complexity index is 269. The second-order valence-electron chi connectivity index (χ2n) is 5.87. The molecule has 0 aromatic heterocycles. The molecule has 0 aromatic rings. The minimum atomic E-state index is -0.0347. The molecule has 0 saturated carbocycles. The van der Waals surface area contributed by atoms with Crippen molar-refractivity contribution in [1.82, 2.24) is 10.6 Å². The summed E-state index contributed by atoms with van der Waals surface area (Å²) in [5.41, 5.74) is 0.0697. The maximum absolute atomic E-state index is 12.3. The van der Waals surface area contributed by atoms with Crippen molar-refractivity contribution in [3.63, 3.8) is 0 Å². The second-order valence-corrected chi connectivity index (χ2v) is 7.27. The maximum atomic E-state index is 12.3. The van der Waals surface area contributed by atoms with E-state index in [4.69, 9.17) is 0 Å². The van der Waals surface area contributed by atoms with Crippen molar-refractivity contribution in [2.75, 3.05) is 18.1 Å². The lowest BCUT2D eigenvalue weighted by Gasteiger charge is -2.38. The second kappa shape index (κ2) is 7.39. The summed E-state index contributed by atoms with van der Waals surface area (Å²) in [4.78, 5) is 12.3. The summed E-state index contributed by atoms with van der Waals surface area (Å²) >= 11 is 1.93. The van der Waals surface area contributed by atoms with Gasteiger partial charge in [-0.15, -0.1) is 0 Å². The first kappa shape index (κ1) is 15.8. The number of piperidine rings is 1. The zero-order valence-electron chi connectivity index (χ0n) is 12.2. The Morgan fingerprint density at radius 2 is 2.28 bits per heavy atom. The van der Waals surface area contributed by atoms with Gasteiger partial charge in [-0.3, -0.25) is 4.79 Å². The van der Waals surface area contributed by atoms with E-state index in [0.29, 0.717) is 0 Å². The van der Waals surface area contributed by atoms with Gasteiger partial charge in [-0.25, -0.2) is 0 Å². The predicted octanol–water partition coefficient (Wildman–Crippen LogP) is 2.41. The van der Waals surface area contributed by atoms with Crippen LogP contribution in [0.25, 0.3) is 0 Å². The van der Waals surface area contributed by atoms with Crippen LogP contribution in [0.5, 0.6) is 0 Å². The number of carbonyl (C=O) groups is 1. The molecule has 18 heavy (non-hydrogen) atoms. The fraction of sp³-hybridized carbons (Fsp3) is 0.929. The number of hydrogen-bond acceptors (Lipinski definition) is 3. The third kappa shape index (κ3) is 4.81. The monoisotopic (exact) mass is 272 g/mol. The van der Waals surface area contributed by atoms with Crippen LogP contribution >= 0.6 is 11.8 Å². The van der Waals surface area contributed by atoms with Crippen molar-refractivity contribution in [3.05, 3.63) is 0 Å². The molecular weight excluding hydrogens is 244 g/mol. The largest absolute Gasteiger partial charge is 0.352 e. The molecule has 2 atom stereocenters. The zero-order valence-corrected chi connectivity index (χ0v) is 13.0. The minimum absolute atomic E-state index is 0.0347. The SMILES string of the molecule is CCSCCC(C)NC(=O)C1NCCCC1(C)C. The first-order valence-electron chi connectivity index (χ1n) is 7.09. The van der Waals surface area contributed by atoms with Crippen LogP contribution in [0.4, 0.5) is 0 Å². The highest BCUT2D eigenvalue weighted by Gasteiger charge is 2.37. The first-order valence-corrected chi connectivity index (χ1v) is 8.24. The molecule has 0 radical (unpaired) electrons. The van der Waals surface area contributed by atoms with Gasteiger partial charge in [0.15, 0.2) is 0 Å². The Hall–Kier alpha value is -0.220. The highest BCUT2D eigenvalue weighted by Crippen LogP contribution is 2.30. The highest BCUT2D eigenvalue weighted by atomic mass is 32.2. The van der Waals surface area contributed by atoms with Gasteiger partial charge in [-0.05, 0) is 49.7 Å². The molecule has 0 aromatic carbocycles. The van der Waals surface area contributed by atoms with Crippen LogP contribution in [-0.4, -0.2) is 36.0 Å². The molecule has 1 fully saturated rings. The summed E-state index contributed by atoms with van der Waals surface area (Å²) in [6, 6.07) is 0.239. The fourth-order valence-electron chi connectivity index (χ4n) is 2.46. The van der Waals surface area contributed by atoms with E-state index in [2.05, 4.69) is 38.3 Å². The molecule has 1 aliphatic heterocycles. The van der Waals surface area contributed by atoms with E-state index in [1.807, 2.05) is 11.8 Å². The van der Waals surface area contributed by atoms with Gasteiger partial charge in [-0.2, -0.15) is 11.8 Å². The van der Waals surface area contributed by atoms with Gasteiger partial charge >= 0.3 is 0 Å². The molecule has 2 N–H and O–H groups in total. The lowest BCUT2D eigenvalue weighted by molar-refractivity contribution is -0.127. The quantitative estimate of drug-likeness (QED) is 0.730. The van der Waals surface area contributed by atoms with E-state index in [1.165, 1.54) is 6.42 Å². The van der Waals surface area contributed by atoms with Crippen molar-refractivity contribution in [2.45, 2.75) is 59.0 Å². The molecule has 0 spiro atoms. The highest BCUT2D eigenvalue weighted by molar-refractivity contribution is 7.99. The number of carbonyl (C=O) groups excluding carboxylic acids is 1. The van der Waals surface area contributed by atoms with E-state index in [9.17, 15) is 4.79 Å². The van der Waals surface area contributed by atoms with Crippen LogP contribution in [0.2, 0.25) is 0 Å². The lowest BCUT2D eigenvalue weighted by atomic mass is 9.77. The molecule has 1 rings (SSSR count). The van der Waals surface area contributed by atoms with Gasteiger partial charge in [0.2, 0.25) is 5.91 Å². The summed E-state index contributed by atoms with van der Waals surface area (Å²) in [7, 11) is 0. The standard InChI is InChI=1S/C14H28N2OS/c1-5-18-10-7-11(2)16-13(17)12-14(3,4)8-6-9-15-12/h11-12,15H,5-10H2,1-4H3,(H,16,17). The summed E-state index contributed by atoms with van der Waals surface area (Å²) in [5, 5.41) is 6.51. The van der Waals surface area contributed by atoms with Crippen LogP contribution < -0.4 is 10.6 Å². The Labute approximate surface area is 116 Å². The molecule has 1 aliphatic rings. The lowest BCUT2D eigenvalue weighted by Crippen LogP contribution is -2.56. The van der Waals surface area contributed by atoms with Crippen LogP contribution in [0.1, 0.15) is 47.0 Å². The average Bonchev–Trinajstić information content (AvgIpc) is 2.28. The molecule has 0 bridgehead atoms. The number of rotatable bonds is 6. The van der Waals surface area contributed by atoms with Gasteiger partial charge in [0.25, 0.3) is 0 Å². The van der Waals surface area contributed by atoms with Gasteiger partial charge in [0.1, 0.15) is 0 Å². The Morgan fingerprint density at radius 1 is 1.56 bits per heavy atom. The van der Waals surface area contributed by atoms with Crippen LogP contribution in [-0.2, 0) is 4.79 Å². The van der Waals surface area contributed by atoms with E-state index in [1.54, 1.807) is 0 Å². The van der Waals surface area contributed by atoms with E-state index in [0.717, 1.165) is 30.9 Å². The zero-order chi connectivity index (χ0) is 13.6. The first-order chi connectivity index (χ1) is 8.47. The van der Waals surface area contributed by atoms with Gasteiger partial charge in [0, 0.05) is 6.04 Å². The smallest absolute Gasteiger partial charge is 0.237 e. The van der Waals surface area contributed by atoms with Crippen molar-refractivity contribution in [1.29, 1.82) is 0 Å². The summed E-state index contributed by atoms with van der Waals surface area (Å²) < 4.78 is 0. The maximum Gasteiger partial charge on any atom is 0.237 e. The molecular formula is C14H28N2OS. The van der Waals surface area contributed by atoms with E-state index in [-0.39, 0.29) is 23.4 Å². The Balaban J connectivity index is 2.39. The molecule has 1 heterocycles. The van der Waals surface area contributed by atoms with Crippen molar-refractivity contribution >= 4 is 17.7 Å². The molecule has 106 valence electrons. The Morgan fingerprint density at radius 3 is 2.89 bits per heavy atom. The molecule has 4 heteroatoms. The normalized spacial score (nSPS) is 24.6. The molecule has 0 aliphatic carbocycles. The van der Waals surface area contributed by atoms with E-state index >= 15 is 0 Å². The molecule has 2 unspecified atom stereocenters. The summed E-state index contributed by atoms with van der Waals surface area (Å²) in [6.07, 6.45) is 3.34. The van der Waals surface area contributed by atoms with Crippen molar-refractivity contribution < 1.29 is 4.79 Å². The molecule has 1 amide bonds. The number of nitrogens with one attached hydrogen (secondary N) is 2. The van der Waals surface area contributed by atoms with Crippen LogP contribution in [0, 0.1) is 5.41 Å². The van der Waals surface area contributed by atoms with Gasteiger partial charge in [0.05, 0.1) is 6.04 Å². The van der Waals surface area contributed by atoms with E-state index < -0.39 is 0 Å². The molecule has 1 saturated heterocycles. The Kier molecular flexibility index (Phi) is 6.50. The average molecular weight is 272 g/mol. The third-order valence-corrected chi connectivity index (χ3v) is 4.61. The van der Waals surface area contributed by atoms with Crippen molar-refractivity contribution in [2.24, 2.45) is 5.41 Å². The number of hydrogen-bond donors (Lipinski definition) is 2. The van der Waals surface area contributed by atoms with Crippen molar-refractivity contribution in [3.8, 4) is 0 Å². The summed E-state index contributed by atoms with van der Waals surface area (Å²) in [5.74, 6) is 2.45. The third-order valence-electron chi connectivity index (χ3n) is 3.68. The van der Waals surface area contributed by atoms with Gasteiger partial charge < -0.3 is 10.6 Å². The topological polar surface area (TPSA) is 41.1 Å². The summed E-state index contributed by atoms with van der Waals surface area (Å²) in [6.45, 7) is 9.59. The number of amides is 1. The van der Waals surface area contributed by atoms with Crippen LogP contribution in [0.3, 0.4) is 0 Å². The molecule has 3 nitrogen and oxygen atoms in total. The predicted molar refractivity (Wildman–Crippen MR) is 80.0 cm³/mol.